The minimum absolute atomic E-state index is 0.538. The Hall–Kier alpha value is -1.22. The fourth-order valence-corrected chi connectivity index (χ4v) is 1.43. The van der Waals surface area contributed by atoms with Crippen molar-refractivity contribution in [1.29, 1.82) is 0 Å². The first-order chi connectivity index (χ1) is 8.24. The molecule has 0 bridgehead atoms. The summed E-state index contributed by atoms with van der Waals surface area (Å²) in [6, 6.07) is 8.06. The minimum atomic E-state index is 0.538. The van der Waals surface area contributed by atoms with Crippen LogP contribution >= 0.6 is 0 Å². The minimum Gasteiger partial charge on any atom is -0.491 e. The molecule has 0 aliphatic rings. The van der Waals surface area contributed by atoms with Crippen LogP contribution in [0.4, 0.5) is 5.69 Å². The molecule has 0 atom stereocenters. The van der Waals surface area contributed by atoms with E-state index < -0.39 is 0 Å². The van der Waals surface area contributed by atoms with E-state index in [9.17, 15) is 0 Å². The van der Waals surface area contributed by atoms with Gasteiger partial charge in [-0.1, -0.05) is 26.0 Å². The molecule has 0 radical (unpaired) electrons. The zero-order valence-electron chi connectivity index (χ0n) is 11.0. The Kier molecular flexibility index (Phi) is 6.48. The summed E-state index contributed by atoms with van der Waals surface area (Å²) in [4.78, 5) is 0. The van der Waals surface area contributed by atoms with Crippen LogP contribution in [-0.4, -0.2) is 26.9 Å². The Bertz CT molecular complexity index is 313. The number of nitrogens with one attached hydrogen (secondary N) is 1. The third kappa shape index (κ3) is 5.59. The predicted octanol–water partition coefficient (Wildman–Crippen LogP) is 3.17. The highest BCUT2D eigenvalue weighted by Gasteiger charge is 2.03. The highest BCUT2D eigenvalue weighted by molar-refractivity contribution is 5.56. The summed E-state index contributed by atoms with van der Waals surface area (Å²) >= 11 is 0. The second kappa shape index (κ2) is 7.96. The first-order valence-electron chi connectivity index (χ1n) is 6.18. The highest BCUT2D eigenvalue weighted by Crippen LogP contribution is 2.24. The Balaban J connectivity index is 2.46. The van der Waals surface area contributed by atoms with Crippen molar-refractivity contribution >= 4 is 5.69 Å². The van der Waals surface area contributed by atoms with Gasteiger partial charge in [0.2, 0.25) is 0 Å². The van der Waals surface area contributed by atoms with E-state index >= 15 is 0 Å². The summed E-state index contributed by atoms with van der Waals surface area (Å²) in [6.07, 6.45) is 0.995. The molecule has 0 aromatic heterocycles. The lowest BCUT2D eigenvalue weighted by atomic mass is 10.2. The van der Waals surface area contributed by atoms with Crippen LogP contribution < -0.4 is 10.1 Å². The van der Waals surface area contributed by atoms with Gasteiger partial charge >= 0.3 is 0 Å². The van der Waals surface area contributed by atoms with Gasteiger partial charge in [-0.15, -0.1) is 0 Å². The van der Waals surface area contributed by atoms with Crippen LogP contribution in [0.15, 0.2) is 24.3 Å². The molecule has 0 spiro atoms. The molecule has 17 heavy (non-hydrogen) atoms. The average molecular weight is 237 g/mol. The number of rotatable bonds is 8. The van der Waals surface area contributed by atoms with Gasteiger partial charge in [0.15, 0.2) is 0 Å². The van der Waals surface area contributed by atoms with E-state index in [0.717, 1.165) is 37.6 Å². The second-order valence-electron chi connectivity index (χ2n) is 4.47. The number of ether oxygens (including phenoxy) is 2. The van der Waals surface area contributed by atoms with E-state index in [1.54, 1.807) is 7.11 Å². The van der Waals surface area contributed by atoms with Crippen LogP contribution in [-0.2, 0) is 4.74 Å². The molecule has 3 nitrogen and oxygen atoms in total. The molecular formula is C14H23NO2. The topological polar surface area (TPSA) is 30.5 Å². The summed E-state index contributed by atoms with van der Waals surface area (Å²) in [5.41, 5.74) is 1.06. The maximum absolute atomic E-state index is 5.76. The van der Waals surface area contributed by atoms with Gasteiger partial charge in [0.1, 0.15) is 5.75 Å². The van der Waals surface area contributed by atoms with Gasteiger partial charge in [-0.3, -0.25) is 0 Å². The largest absolute Gasteiger partial charge is 0.491 e. The number of para-hydroxylation sites is 2. The molecule has 0 unspecified atom stereocenters. The van der Waals surface area contributed by atoms with Gasteiger partial charge in [-0.25, -0.2) is 0 Å². The van der Waals surface area contributed by atoms with Crippen LogP contribution in [0.5, 0.6) is 5.75 Å². The average Bonchev–Trinajstić information content (AvgIpc) is 2.33. The fraction of sp³-hybridized carbons (Fsp3) is 0.571. The van der Waals surface area contributed by atoms with Crippen molar-refractivity contribution in [2.45, 2.75) is 20.3 Å². The molecule has 0 aliphatic carbocycles. The molecular weight excluding hydrogens is 214 g/mol. The molecule has 1 rings (SSSR count). The van der Waals surface area contributed by atoms with E-state index in [1.807, 2.05) is 24.3 Å². The molecule has 0 saturated carbocycles. The van der Waals surface area contributed by atoms with Gasteiger partial charge in [-0.05, 0) is 24.5 Å². The number of methoxy groups -OCH3 is 1. The number of hydrogen-bond acceptors (Lipinski definition) is 3. The van der Waals surface area contributed by atoms with E-state index in [2.05, 4.69) is 19.2 Å². The van der Waals surface area contributed by atoms with Crippen molar-refractivity contribution < 1.29 is 9.47 Å². The van der Waals surface area contributed by atoms with Crippen LogP contribution in [0, 0.1) is 5.92 Å². The first-order valence-corrected chi connectivity index (χ1v) is 6.18. The number of anilines is 1. The SMILES string of the molecule is COCCCNc1ccccc1OCC(C)C. The van der Waals surface area contributed by atoms with E-state index in [0.29, 0.717) is 5.92 Å². The predicted molar refractivity (Wildman–Crippen MR) is 71.8 cm³/mol. The quantitative estimate of drug-likeness (QED) is 0.704. The standard InChI is InChI=1S/C14H23NO2/c1-12(2)11-17-14-8-5-4-7-13(14)15-9-6-10-16-3/h4-5,7-8,12,15H,6,9-11H2,1-3H3. The van der Waals surface area contributed by atoms with Crippen molar-refractivity contribution in [2.24, 2.45) is 5.92 Å². The Labute approximate surface area is 104 Å². The summed E-state index contributed by atoms with van der Waals surface area (Å²) < 4.78 is 10.8. The molecule has 0 aliphatic heterocycles. The monoisotopic (exact) mass is 237 g/mol. The van der Waals surface area contributed by atoms with Crippen molar-refractivity contribution in [1.82, 2.24) is 0 Å². The van der Waals surface area contributed by atoms with E-state index in [1.165, 1.54) is 0 Å². The maximum atomic E-state index is 5.76. The zero-order chi connectivity index (χ0) is 12.5. The molecule has 0 heterocycles. The molecule has 1 N–H and O–H groups in total. The van der Waals surface area contributed by atoms with E-state index in [4.69, 9.17) is 9.47 Å². The summed E-state index contributed by atoms with van der Waals surface area (Å²) in [7, 11) is 1.72. The third-order valence-electron chi connectivity index (χ3n) is 2.30. The highest BCUT2D eigenvalue weighted by atomic mass is 16.5. The summed E-state index contributed by atoms with van der Waals surface area (Å²) in [6.45, 7) is 6.72. The number of hydrogen-bond donors (Lipinski definition) is 1. The molecule has 0 saturated heterocycles. The van der Waals surface area contributed by atoms with Crippen molar-refractivity contribution in [3.05, 3.63) is 24.3 Å². The number of benzene rings is 1. The fourth-order valence-electron chi connectivity index (χ4n) is 1.43. The Morgan fingerprint density at radius 2 is 2.00 bits per heavy atom. The Morgan fingerprint density at radius 1 is 1.24 bits per heavy atom. The lowest BCUT2D eigenvalue weighted by molar-refractivity contribution is 0.197. The molecule has 0 fully saturated rings. The van der Waals surface area contributed by atoms with Crippen molar-refractivity contribution in [2.75, 3.05) is 32.2 Å². The zero-order valence-corrected chi connectivity index (χ0v) is 11.0. The van der Waals surface area contributed by atoms with Crippen molar-refractivity contribution in [3.8, 4) is 5.75 Å². The van der Waals surface area contributed by atoms with Crippen LogP contribution in [0.3, 0.4) is 0 Å². The Morgan fingerprint density at radius 3 is 2.71 bits per heavy atom. The molecule has 1 aromatic rings. The smallest absolute Gasteiger partial charge is 0.142 e. The molecule has 96 valence electrons. The molecule has 3 heteroatoms. The lowest BCUT2D eigenvalue weighted by Gasteiger charge is -2.14. The normalized spacial score (nSPS) is 10.6. The van der Waals surface area contributed by atoms with Gasteiger partial charge in [0.05, 0.1) is 12.3 Å². The maximum Gasteiger partial charge on any atom is 0.142 e. The molecule has 0 amide bonds. The third-order valence-corrected chi connectivity index (χ3v) is 2.30. The summed E-state index contributed by atoms with van der Waals surface area (Å²) in [5, 5.41) is 3.37. The van der Waals surface area contributed by atoms with Gasteiger partial charge < -0.3 is 14.8 Å². The first kappa shape index (κ1) is 13.8. The van der Waals surface area contributed by atoms with E-state index in [-0.39, 0.29) is 0 Å². The van der Waals surface area contributed by atoms with Gasteiger partial charge in [0, 0.05) is 20.3 Å². The lowest BCUT2D eigenvalue weighted by Crippen LogP contribution is -2.09. The van der Waals surface area contributed by atoms with Crippen LogP contribution in [0.2, 0.25) is 0 Å². The van der Waals surface area contributed by atoms with Crippen molar-refractivity contribution in [3.63, 3.8) is 0 Å². The van der Waals surface area contributed by atoms with Crippen LogP contribution in [0.25, 0.3) is 0 Å². The summed E-state index contributed by atoms with van der Waals surface area (Å²) in [5.74, 6) is 1.47. The van der Waals surface area contributed by atoms with Gasteiger partial charge in [0.25, 0.3) is 0 Å². The van der Waals surface area contributed by atoms with Gasteiger partial charge in [-0.2, -0.15) is 0 Å². The molecule has 1 aromatic carbocycles. The second-order valence-corrected chi connectivity index (χ2v) is 4.47. The van der Waals surface area contributed by atoms with Crippen LogP contribution in [0.1, 0.15) is 20.3 Å².